The number of benzene rings is 1. The second-order valence-electron chi connectivity index (χ2n) is 4.44. The van der Waals surface area contributed by atoms with Crippen molar-refractivity contribution >= 4 is 0 Å². The van der Waals surface area contributed by atoms with Gasteiger partial charge in [-0.05, 0) is 27.7 Å². The lowest BCUT2D eigenvalue weighted by molar-refractivity contribution is -0.936. The maximum absolute atomic E-state index is 2.31. The Kier molecular flexibility index (Phi) is 6.93. The Bertz CT molecular complexity index is 297. The molecule has 0 radical (unpaired) electrons. The predicted molar refractivity (Wildman–Crippen MR) is 66.8 cm³/mol. The van der Waals surface area contributed by atoms with Gasteiger partial charge < -0.3 is 21.5 Å². The maximum Gasteiger partial charge on any atom is 0.104 e. The maximum atomic E-state index is 2.31. The lowest BCUT2D eigenvalue weighted by atomic mass is 10.1. The predicted octanol–water partition coefficient (Wildman–Crippen LogP) is 0.376. The van der Waals surface area contributed by atoms with Crippen LogP contribution in [0, 0.1) is 6.92 Å². The molecule has 0 heterocycles. The van der Waals surface area contributed by atoms with E-state index in [2.05, 4.69) is 52.0 Å². The average Bonchev–Trinajstić information content (AvgIpc) is 2.26. The molecule has 1 rings (SSSR count). The Morgan fingerprint density at radius 3 is 2.00 bits per heavy atom. The summed E-state index contributed by atoms with van der Waals surface area (Å²) in [6, 6.07) is 8.90. The van der Waals surface area contributed by atoms with Crippen LogP contribution in [0.25, 0.3) is 0 Å². The Labute approximate surface area is 111 Å². The average molecular weight is 286 g/mol. The Morgan fingerprint density at radius 2 is 1.56 bits per heavy atom. The molecule has 0 aliphatic heterocycles. The van der Waals surface area contributed by atoms with Crippen LogP contribution < -0.4 is 17.0 Å². The molecule has 0 spiro atoms. The van der Waals surface area contributed by atoms with Crippen molar-refractivity contribution in [3.05, 3.63) is 35.4 Å². The van der Waals surface area contributed by atoms with Gasteiger partial charge in [0.05, 0.1) is 19.6 Å². The first-order valence-electron chi connectivity index (χ1n) is 6.06. The number of hydrogen-bond acceptors (Lipinski definition) is 0. The topological polar surface area (TPSA) is 0 Å². The van der Waals surface area contributed by atoms with Crippen LogP contribution in [0.1, 0.15) is 31.9 Å². The van der Waals surface area contributed by atoms with Gasteiger partial charge in [-0.15, -0.1) is 0 Å². The zero-order valence-electron chi connectivity index (χ0n) is 11.0. The van der Waals surface area contributed by atoms with Crippen LogP contribution in [0.2, 0.25) is 0 Å². The summed E-state index contributed by atoms with van der Waals surface area (Å²) in [6.07, 6.45) is 0. The first-order valence-corrected chi connectivity index (χ1v) is 6.06. The first-order chi connectivity index (χ1) is 7.15. The monoisotopic (exact) mass is 285 g/mol. The third-order valence-corrected chi connectivity index (χ3v) is 3.61. The van der Waals surface area contributed by atoms with E-state index in [4.69, 9.17) is 0 Å². The van der Waals surface area contributed by atoms with Gasteiger partial charge in [0.1, 0.15) is 6.54 Å². The van der Waals surface area contributed by atoms with Gasteiger partial charge in [-0.2, -0.15) is 0 Å². The molecule has 0 N–H and O–H groups in total. The molecule has 0 atom stereocenters. The third-order valence-electron chi connectivity index (χ3n) is 3.61. The van der Waals surface area contributed by atoms with E-state index >= 15 is 0 Å². The van der Waals surface area contributed by atoms with Crippen LogP contribution in [0.15, 0.2) is 24.3 Å². The third kappa shape index (κ3) is 3.91. The van der Waals surface area contributed by atoms with E-state index in [9.17, 15) is 0 Å². The van der Waals surface area contributed by atoms with Crippen LogP contribution in [0.3, 0.4) is 0 Å². The van der Waals surface area contributed by atoms with Crippen molar-refractivity contribution in [3.8, 4) is 0 Å². The van der Waals surface area contributed by atoms with Crippen LogP contribution in [0.5, 0.6) is 0 Å². The minimum Gasteiger partial charge on any atom is -1.00 e. The molecule has 0 aliphatic carbocycles. The molecule has 0 bridgehead atoms. The molecule has 16 heavy (non-hydrogen) atoms. The quantitative estimate of drug-likeness (QED) is 0.686. The summed E-state index contributed by atoms with van der Waals surface area (Å²) in [5.74, 6) is 0. The fraction of sp³-hybridized carbons (Fsp3) is 0.571. The molecule has 2 heteroatoms. The Morgan fingerprint density at radius 1 is 1.00 bits per heavy atom. The zero-order chi connectivity index (χ0) is 11.3. The summed E-state index contributed by atoms with van der Waals surface area (Å²) >= 11 is 0. The number of quaternary nitrogens is 1. The molecule has 0 fully saturated rings. The molecule has 0 aromatic heterocycles. The second-order valence-corrected chi connectivity index (χ2v) is 4.44. The summed E-state index contributed by atoms with van der Waals surface area (Å²) < 4.78 is 1.20. The van der Waals surface area contributed by atoms with E-state index in [0.717, 1.165) is 0 Å². The molecule has 1 aromatic rings. The number of aryl methyl sites for hydroxylation is 1. The highest BCUT2D eigenvalue weighted by Crippen LogP contribution is 2.15. The molecular formula is C14H24BrN. The standard InChI is InChI=1S/C14H24N.BrH/c1-5-15(6-2,7-3)12-14-10-8-9-13(4)11-14;/h8-11H,5-7,12H2,1-4H3;1H/q+1;/p-1. The van der Waals surface area contributed by atoms with E-state index in [1.165, 1.54) is 41.8 Å². The van der Waals surface area contributed by atoms with Gasteiger partial charge in [-0.1, -0.05) is 29.8 Å². The van der Waals surface area contributed by atoms with Gasteiger partial charge in [0.2, 0.25) is 0 Å². The molecular weight excluding hydrogens is 262 g/mol. The van der Waals surface area contributed by atoms with E-state index in [-0.39, 0.29) is 17.0 Å². The molecule has 0 aliphatic rings. The summed E-state index contributed by atoms with van der Waals surface area (Å²) in [6.45, 7) is 13.9. The number of rotatable bonds is 5. The zero-order valence-corrected chi connectivity index (χ0v) is 12.5. The summed E-state index contributed by atoms with van der Waals surface area (Å²) in [5, 5.41) is 0. The van der Waals surface area contributed by atoms with Gasteiger partial charge >= 0.3 is 0 Å². The highest BCUT2D eigenvalue weighted by molar-refractivity contribution is 5.21. The molecule has 1 nitrogen and oxygen atoms in total. The van der Waals surface area contributed by atoms with Crippen molar-refractivity contribution in [1.29, 1.82) is 0 Å². The first kappa shape index (κ1) is 15.7. The minimum absolute atomic E-state index is 0. The molecule has 1 aromatic carbocycles. The van der Waals surface area contributed by atoms with Gasteiger partial charge in [0, 0.05) is 5.56 Å². The summed E-state index contributed by atoms with van der Waals surface area (Å²) in [4.78, 5) is 0. The molecule has 0 saturated heterocycles. The summed E-state index contributed by atoms with van der Waals surface area (Å²) in [7, 11) is 0. The van der Waals surface area contributed by atoms with E-state index in [1.54, 1.807) is 0 Å². The summed E-state index contributed by atoms with van der Waals surface area (Å²) in [5.41, 5.74) is 2.84. The number of halogens is 1. The van der Waals surface area contributed by atoms with Gasteiger partial charge in [0.25, 0.3) is 0 Å². The van der Waals surface area contributed by atoms with E-state index in [1.807, 2.05) is 0 Å². The minimum atomic E-state index is 0. The molecule has 0 unspecified atom stereocenters. The van der Waals surface area contributed by atoms with Gasteiger partial charge in [0.15, 0.2) is 0 Å². The Hall–Kier alpha value is -0.340. The highest BCUT2D eigenvalue weighted by atomic mass is 79.9. The molecule has 0 saturated carbocycles. The van der Waals surface area contributed by atoms with Gasteiger partial charge in [-0.3, -0.25) is 0 Å². The van der Waals surface area contributed by atoms with Crippen LogP contribution in [-0.2, 0) is 6.54 Å². The lowest BCUT2D eigenvalue weighted by Gasteiger charge is -2.36. The van der Waals surface area contributed by atoms with Crippen LogP contribution in [0.4, 0.5) is 0 Å². The largest absolute Gasteiger partial charge is 1.00 e. The van der Waals surface area contributed by atoms with E-state index < -0.39 is 0 Å². The van der Waals surface area contributed by atoms with Crippen molar-refractivity contribution in [3.63, 3.8) is 0 Å². The van der Waals surface area contributed by atoms with Crippen molar-refractivity contribution in [1.82, 2.24) is 0 Å². The smallest absolute Gasteiger partial charge is 0.104 e. The normalized spacial score (nSPS) is 11.0. The second kappa shape index (κ2) is 7.08. The number of hydrogen-bond donors (Lipinski definition) is 0. The van der Waals surface area contributed by atoms with Crippen molar-refractivity contribution in [2.75, 3.05) is 19.6 Å². The lowest BCUT2D eigenvalue weighted by Crippen LogP contribution is -3.00. The van der Waals surface area contributed by atoms with Crippen molar-refractivity contribution < 1.29 is 21.5 Å². The van der Waals surface area contributed by atoms with Crippen LogP contribution >= 0.6 is 0 Å². The fourth-order valence-corrected chi connectivity index (χ4v) is 2.20. The van der Waals surface area contributed by atoms with Crippen LogP contribution in [-0.4, -0.2) is 24.1 Å². The number of nitrogens with zero attached hydrogens (tertiary/aromatic N) is 1. The molecule has 92 valence electrons. The van der Waals surface area contributed by atoms with E-state index in [0.29, 0.717) is 0 Å². The van der Waals surface area contributed by atoms with Crippen molar-refractivity contribution in [2.45, 2.75) is 34.2 Å². The fourth-order valence-electron chi connectivity index (χ4n) is 2.20. The Balaban J connectivity index is 0.00000225. The molecule has 0 amide bonds. The van der Waals surface area contributed by atoms with Gasteiger partial charge in [-0.25, -0.2) is 0 Å². The highest BCUT2D eigenvalue weighted by Gasteiger charge is 2.20. The van der Waals surface area contributed by atoms with Crippen molar-refractivity contribution in [2.24, 2.45) is 0 Å². The SMILES string of the molecule is CC[N+](CC)(CC)Cc1cccc(C)c1.[Br-].